The van der Waals surface area contributed by atoms with Crippen LogP contribution in [-0.2, 0) is 0 Å². The number of hydrogen-bond donors (Lipinski definition) is 0. The van der Waals surface area contributed by atoms with Crippen LogP contribution in [0.1, 0.15) is 26.3 Å². The number of nitro groups is 1. The minimum absolute atomic E-state index is 0.0455. The molecule has 0 saturated heterocycles. The van der Waals surface area contributed by atoms with Crippen molar-refractivity contribution in [3.05, 3.63) is 93.5 Å². The Morgan fingerprint density at radius 3 is 2.07 bits per heavy atom. The first-order valence-corrected chi connectivity index (χ1v) is 8.46. The van der Waals surface area contributed by atoms with Crippen LogP contribution in [0.4, 0.5) is 11.4 Å². The summed E-state index contributed by atoms with van der Waals surface area (Å²) in [6.07, 6.45) is 0. The Morgan fingerprint density at radius 1 is 0.821 bits per heavy atom. The average molecular weight is 374 g/mol. The number of carbonyl (C=O) groups excluding carboxylic acids is 2. The maximum Gasteiger partial charge on any atom is 0.269 e. The van der Waals surface area contributed by atoms with Crippen LogP contribution in [0, 0.1) is 17.0 Å². The molecule has 28 heavy (non-hydrogen) atoms. The summed E-state index contributed by atoms with van der Waals surface area (Å²) in [5.74, 6) is -0.0547. The second-order valence-corrected chi connectivity index (χ2v) is 6.34. The molecule has 1 heterocycles. The van der Waals surface area contributed by atoms with Gasteiger partial charge in [-0.2, -0.15) is 0 Å². The average Bonchev–Trinajstić information content (AvgIpc) is 2.93. The lowest BCUT2D eigenvalue weighted by molar-refractivity contribution is -0.384. The highest BCUT2D eigenvalue weighted by Gasteiger charge is 2.36. The van der Waals surface area contributed by atoms with Crippen molar-refractivity contribution in [1.29, 1.82) is 0 Å². The molecule has 3 aromatic rings. The third kappa shape index (κ3) is 2.99. The van der Waals surface area contributed by atoms with Crippen molar-refractivity contribution < 1.29 is 19.2 Å². The Bertz CT molecular complexity index is 1100. The lowest BCUT2D eigenvalue weighted by atomic mass is 10.1. The molecule has 1 aliphatic rings. The van der Waals surface area contributed by atoms with Crippen molar-refractivity contribution in [1.82, 2.24) is 0 Å². The molecule has 0 radical (unpaired) electrons. The monoisotopic (exact) mass is 374 g/mol. The van der Waals surface area contributed by atoms with Crippen molar-refractivity contribution >= 4 is 23.2 Å². The van der Waals surface area contributed by atoms with Crippen molar-refractivity contribution in [2.75, 3.05) is 4.90 Å². The van der Waals surface area contributed by atoms with E-state index in [-0.39, 0.29) is 17.2 Å². The van der Waals surface area contributed by atoms with E-state index in [0.717, 1.165) is 10.5 Å². The van der Waals surface area contributed by atoms with Crippen LogP contribution in [-0.4, -0.2) is 16.7 Å². The lowest BCUT2D eigenvalue weighted by Gasteiger charge is -2.13. The summed E-state index contributed by atoms with van der Waals surface area (Å²) in [5.41, 5.74) is 2.05. The molecule has 7 heteroatoms. The molecule has 7 nitrogen and oxygen atoms in total. The first kappa shape index (κ1) is 17.4. The highest BCUT2D eigenvalue weighted by molar-refractivity contribution is 6.34. The standard InChI is InChI=1S/C21H14N2O5/c1-13-2-4-14(5-3-13)22-20(24)18-11-10-17(12-19(18)21(22)25)28-16-8-6-15(7-9-16)23(26)27/h2-12H,1H3. The number of anilines is 1. The molecular formula is C21H14N2O5. The SMILES string of the molecule is Cc1ccc(N2C(=O)c3ccc(Oc4ccc([N+](=O)[O-])cc4)cc3C2=O)cc1. The smallest absolute Gasteiger partial charge is 0.269 e. The van der Waals surface area contributed by atoms with Crippen LogP contribution < -0.4 is 9.64 Å². The zero-order chi connectivity index (χ0) is 19.8. The highest BCUT2D eigenvalue weighted by Crippen LogP contribution is 2.32. The van der Waals surface area contributed by atoms with Gasteiger partial charge in [-0.15, -0.1) is 0 Å². The van der Waals surface area contributed by atoms with E-state index in [1.165, 1.54) is 30.3 Å². The number of rotatable bonds is 4. The molecular weight excluding hydrogens is 360 g/mol. The summed E-state index contributed by atoms with van der Waals surface area (Å²) in [7, 11) is 0. The van der Waals surface area contributed by atoms with Gasteiger partial charge in [0.15, 0.2) is 0 Å². The quantitative estimate of drug-likeness (QED) is 0.381. The van der Waals surface area contributed by atoms with Crippen LogP contribution in [0.2, 0.25) is 0 Å². The molecule has 1 aliphatic heterocycles. The van der Waals surface area contributed by atoms with E-state index >= 15 is 0 Å². The molecule has 4 rings (SSSR count). The summed E-state index contributed by atoms with van der Waals surface area (Å²) in [4.78, 5) is 36.8. The van der Waals surface area contributed by atoms with Gasteiger partial charge < -0.3 is 4.74 Å². The topological polar surface area (TPSA) is 89.8 Å². The molecule has 2 amide bonds. The molecule has 0 atom stereocenters. The van der Waals surface area contributed by atoms with E-state index in [4.69, 9.17) is 4.74 Å². The Balaban J connectivity index is 1.61. The van der Waals surface area contributed by atoms with Gasteiger partial charge in [-0.05, 0) is 49.4 Å². The van der Waals surface area contributed by atoms with Crippen LogP contribution >= 0.6 is 0 Å². The minimum Gasteiger partial charge on any atom is -0.457 e. The first-order valence-electron chi connectivity index (χ1n) is 8.46. The molecule has 0 bridgehead atoms. The second-order valence-electron chi connectivity index (χ2n) is 6.34. The lowest BCUT2D eigenvalue weighted by Crippen LogP contribution is -2.29. The second kappa shape index (κ2) is 6.62. The molecule has 0 aliphatic carbocycles. The van der Waals surface area contributed by atoms with Gasteiger partial charge in [0.1, 0.15) is 11.5 Å². The van der Waals surface area contributed by atoms with E-state index in [9.17, 15) is 19.7 Å². The van der Waals surface area contributed by atoms with Gasteiger partial charge >= 0.3 is 0 Å². The molecule has 0 aromatic heterocycles. The Morgan fingerprint density at radius 2 is 1.43 bits per heavy atom. The van der Waals surface area contributed by atoms with Gasteiger partial charge in [0, 0.05) is 12.1 Å². The van der Waals surface area contributed by atoms with Gasteiger partial charge in [0.2, 0.25) is 0 Å². The third-order valence-electron chi connectivity index (χ3n) is 4.43. The summed E-state index contributed by atoms with van der Waals surface area (Å²) in [5, 5.41) is 10.7. The maximum atomic E-state index is 12.8. The van der Waals surface area contributed by atoms with Crippen LogP contribution in [0.5, 0.6) is 11.5 Å². The zero-order valence-corrected chi connectivity index (χ0v) is 14.8. The Hall–Kier alpha value is -4.00. The predicted octanol–water partition coefficient (Wildman–Crippen LogP) is 4.50. The van der Waals surface area contributed by atoms with Crippen LogP contribution in [0.3, 0.4) is 0 Å². The normalized spacial score (nSPS) is 12.8. The zero-order valence-electron chi connectivity index (χ0n) is 14.8. The van der Waals surface area contributed by atoms with Crippen molar-refractivity contribution in [3.63, 3.8) is 0 Å². The minimum atomic E-state index is -0.497. The van der Waals surface area contributed by atoms with E-state index in [2.05, 4.69) is 0 Å². The number of fused-ring (bicyclic) bond motifs is 1. The summed E-state index contributed by atoms with van der Waals surface area (Å²) in [6.45, 7) is 1.92. The van der Waals surface area contributed by atoms with E-state index < -0.39 is 10.8 Å². The number of amides is 2. The van der Waals surface area contributed by atoms with Gasteiger partial charge in [-0.1, -0.05) is 17.7 Å². The maximum absolute atomic E-state index is 12.8. The molecule has 0 spiro atoms. The van der Waals surface area contributed by atoms with Crippen LogP contribution in [0.25, 0.3) is 0 Å². The number of benzene rings is 3. The molecule has 3 aromatic carbocycles. The number of nitro benzene ring substituents is 1. The molecule has 0 saturated carbocycles. The molecule has 0 unspecified atom stereocenters. The number of carbonyl (C=O) groups is 2. The predicted molar refractivity (Wildman–Crippen MR) is 102 cm³/mol. The number of non-ortho nitro benzene ring substituents is 1. The van der Waals surface area contributed by atoms with Crippen molar-refractivity contribution in [3.8, 4) is 11.5 Å². The van der Waals surface area contributed by atoms with Gasteiger partial charge in [-0.25, -0.2) is 4.90 Å². The summed E-state index contributed by atoms with van der Waals surface area (Å²) >= 11 is 0. The molecule has 0 N–H and O–H groups in total. The number of hydrogen-bond acceptors (Lipinski definition) is 5. The van der Waals surface area contributed by atoms with Crippen molar-refractivity contribution in [2.45, 2.75) is 6.92 Å². The van der Waals surface area contributed by atoms with E-state index in [1.54, 1.807) is 24.3 Å². The first-order chi connectivity index (χ1) is 13.4. The summed E-state index contributed by atoms with van der Waals surface area (Å²) in [6, 6.07) is 17.4. The number of ether oxygens (including phenoxy) is 1. The van der Waals surface area contributed by atoms with Crippen LogP contribution in [0.15, 0.2) is 66.7 Å². The van der Waals surface area contributed by atoms with Gasteiger partial charge in [0.05, 0.1) is 21.7 Å². The Kier molecular flexibility index (Phi) is 4.12. The van der Waals surface area contributed by atoms with Crippen molar-refractivity contribution in [2.24, 2.45) is 0 Å². The fraction of sp³-hybridized carbons (Fsp3) is 0.0476. The van der Waals surface area contributed by atoms with E-state index in [1.807, 2.05) is 19.1 Å². The largest absolute Gasteiger partial charge is 0.457 e. The Labute approximate surface area is 159 Å². The number of nitrogens with zero attached hydrogens (tertiary/aromatic N) is 2. The fourth-order valence-electron chi connectivity index (χ4n) is 2.98. The van der Waals surface area contributed by atoms with E-state index in [0.29, 0.717) is 22.7 Å². The van der Waals surface area contributed by atoms with Gasteiger partial charge in [-0.3, -0.25) is 19.7 Å². The highest BCUT2D eigenvalue weighted by atomic mass is 16.6. The van der Waals surface area contributed by atoms with Gasteiger partial charge in [0.25, 0.3) is 17.5 Å². The number of aryl methyl sites for hydroxylation is 1. The number of imide groups is 1. The molecule has 138 valence electrons. The fourth-order valence-corrected chi connectivity index (χ4v) is 2.98. The molecule has 0 fully saturated rings. The third-order valence-corrected chi connectivity index (χ3v) is 4.43. The summed E-state index contributed by atoms with van der Waals surface area (Å²) < 4.78 is 5.67.